The average Bonchev–Trinajstić information content (AvgIpc) is 2.41. The van der Waals surface area contributed by atoms with Crippen LogP contribution in [-0.4, -0.2) is 57.7 Å². The molecule has 5 atom stereocenters. The summed E-state index contributed by atoms with van der Waals surface area (Å²) in [6.07, 6.45) is -6.40. The van der Waals surface area contributed by atoms with E-state index in [9.17, 15) is 15.3 Å². The summed E-state index contributed by atoms with van der Waals surface area (Å²) in [6.45, 7) is -0.485. The van der Waals surface area contributed by atoms with Crippen LogP contribution in [0.25, 0.3) is 0 Å². The number of hydrogen-bond acceptors (Lipinski definition) is 6. The molecule has 1 unspecified atom stereocenters. The molecule has 0 amide bonds. The molecule has 19 heavy (non-hydrogen) atoms. The fourth-order valence-electron chi connectivity index (χ4n) is 1.83. The van der Waals surface area contributed by atoms with Crippen molar-refractivity contribution in [3.05, 3.63) is 28.7 Å². The molecule has 1 heterocycles. The Kier molecular flexibility index (Phi) is 4.77. The molecule has 0 radical (unpaired) electrons. The van der Waals surface area contributed by atoms with E-state index < -0.39 is 37.3 Å². The van der Waals surface area contributed by atoms with Gasteiger partial charge in [0.2, 0.25) is 6.29 Å². The number of benzene rings is 1. The standard InChI is InChI=1S/C12H15BrO6/c13-6-3-1-2-4-7(6)18-12-11(17)10(16)9(15)8(5-14)19-12/h1-4,8-12,14-17H,5H2/t8-,9-,10+,11+,12?/m1/s1. The van der Waals surface area contributed by atoms with Gasteiger partial charge in [0.15, 0.2) is 0 Å². The number of rotatable bonds is 3. The Morgan fingerprint density at radius 3 is 2.42 bits per heavy atom. The summed E-state index contributed by atoms with van der Waals surface area (Å²) in [5, 5.41) is 38.1. The van der Waals surface area contributed by atoms with Crippen molar-refractivity contribution in [3.63, 3.8) is 0 Å². The number of aliphatic hydroxyl groups excluding tert-OH is 4. The van der Waals surface area contributed by atoms with Gasteiger partial charge in [-0.1, -0.05) is 12.1 Å². The predicted molar refractivity (Wildman–Crippen MR) is 68.5 cm³/mol. The molecular weight excluding hydrogens is 320 g/mol. The molecular formula is C12H15BrO6. The van der Waals surface area contributed by atoms with Gasteiger partial charge >= 0.3 is 0 Å². The lowest BCUT2D eigenvalue weighted by atomic mass is 9.99. The van der Waals surface area contributed by atoms with E-state index in [1.807, 2.05) is 0 Å². The third-order valence-electron chi connectivity index (χ3n) is 2.93. The van der Waals surface area contributed by atoms with Crippen molar-refractivity contribution in [2.24, 2.45) is 0 Å². The van der Waals surface area contributed by atoms with E-state index in [2.05, 4.69) is 15.9 Å². The highest BCUT2D eigenvalue weighted by atomic mass is 79.9. The molecule has 0 aliphatic carbocycles. The molecule has 106 valence electrons. The summed E-state index contributed by atoms with van der Waals surface area (Å²) in [5.41, 5.74) is 0. The van der Waals surface area contributed by atoms with Crippen LogP contribution in [0.2, 0.25) is 0 Å². The van der Waals surface area contributed by atoms with E-state index in [1.54, 1.807) is 24.3 Å². The Bertz CT molecular complexity index is 426. The van der Waals surface area contributed by atoms with Gasteiger partial charge < -0.3 is 29.9 Å². The predicted octanol–water partition coefficient (Wildman–Crippen LogP) is -0.372. The van der Waals surface area contributed by atoms with Crippen LogP contribution in [0.5, 0.6) is 5.75 Å². The van der Waals surface area contributed by atoms with Gasteiger partial charge in [-0.05, 0) is 28.1 Å². The van der Waals surface area contributed by atoms with Crippen molar-refractivity contribution in [3.8, 4) is 5.75 Å². The maximum atomic E-state index is 9.82. The minimum absolute atomic E-state index is 0.423. The van der Waals surface area contributed by atoms with Crippen LogP contribution in [0, 0.1) is 0 Å². The molecule has 1 aliphatic rings. The molecule has 7 heteroatoms. The van der Waals surface area contributed by atoms with Crippen molar-refractivity contribution in [2.45, 2.75) is 30.7 Å². The fourth-order valence-corrected chi connectivity index (χ4v) is 2.21. The van der Waals surface area contributed by atoms with Crippen LogP contribution in [-0.2, 0) is 4.74 Å². The maximum Gasteiger partial charge on any atom is 0.229 e. The zero-order valence-corrected chi connectivity index (χ0v) is 11.5. The van der Waals surface area contributed by atoms with E-state index >= 15 is 0 Å². The minimum Gasteiger partial charge on any atom is -0.461 e. The van der Waals surface area contributed by atoms with Gasteiger partial charge in [-0.25, -0.2) is 0 Å². The van der Waals surface area contributed by atoms with E-state index in [0.29, 0.717) is 10.2 Å². The van der Waals surface area contributed by atoms with Crippen molar-refractivity contribution in [2.75, 3.05) is 6.61 Å². The van der Waals surface area contributed by atoms with Gasteiger partial charge in [0.1, 0.15) is 30.2 Å². The first-order chi connectivity index (χ1) is 9.04. The second-order valence-electron chi connectivity index (χ2n) is 4.25. The lowest BCUT2D eigenvalue weighted by Gasteiger charge is -2.39. The Labute approximate surface area is 118 Å². The summed E-state index contributed by atoms with van der Waals surface area (Å²) in [4.78, 5) is 0. The topological polar surface area (TPSA) is 99.4 Å². The van der Waals surface area contributed by atoms with Gasteiger partial charge in [-0.3, -0.25) is 0 Å². The van der Waals surface area contributed by atoms with Gasteiger partial charge in [-0.2, -0.15) is 0 Å². The van der Waals surface area contributed by atoms with Crippen molar-refractivity contribution in [1.82, 2.24) is 0 Å². The number of ether oxygens (including phenoxy) is 2. The van der Waals surface area contributed by atoms with Gasteiger partial charge in [0.05, 0.1) is 11.1 Å². The molecule has 1 aliphatic heterocycles. The second-order valence-corrected chi connectivity index (χ2v) is 5.10. The highest BCUT2D eigenvalue weighted by Crippen LogP contribution is 2.29. The highest BCUT2D eigenvalue weighted by molar-refractivity contribution is 9.10. The molecule has 2 rings (SSSR count). The Balaban J connectivity index is 2.13. The first kappa shape index (κ1) is 14.7. The summed E-state index contributed by atoms with van der Waals surface area (Å²) < 4.78 is 11.3. The first-order valence-corrected chi connectivity index (χ1v) is 6.55. The monoisotopic (exact) mass is 334 g/mol. The average molecular weight is 335 g/mol. The second kappa shape index (κ2) is 6.17. The highest BCUT2D eigenvalue weighted by Gasteiger charge is 2.44. The van der Waals surface area contributed by atoms with E-state index in [4.69, 9.17) is 14.6 Å². The van der Waals surface area contributed by atoms with Crippen LogP contribution in [0.1, 0.15) is 0 Å². The van der Waals surface area contributed by atoms with Crippen LogP contribution < -0.4 is 4.74 Å². The molecule has 4 N–H and O–H groups in total. The zero-order valence-electron chi connectivity index (χ0n) is 9.89. The van der Waals surface area contributed by atoms with Crippen LogP contribution >= 0.6 is 15.9 Å². The Morgan fingerprint density at radius 2 is 1.79 bits per heavy atom. The molecule has 6 nitrogen and oxygen atoms in total. The van der Waals surface area contributed by atoms with E-state index in [0.717, 1.165) is 0 Å². The summed E-state index contributed by atoms with van der Waals surface area (Å²) in [7, 11) is 0. The maximum absolute atomic E-state index is 9.82. The van der Waals surface area contributed by atoms with Crippen molar-refractivity contribution < 1.29 is 29.9 Å². The lowest BCUT2D eigenvalue weighted by Crippen LogP contribution is -2.60. The van der Waals surface area contributed by atoms with E-state index in [-0.39, 0.29) is 0 Å². The SMILES string of the molecule is OC[C@H]1OC(Oc2ccccc2Br)[C@@H](O)[C@@H](O)[C@@H]1O. The van der Waals surface area contributed by atoms with Gasteiger partial charge in [-0.15, -0.1) is 0 Å². The quantitative estimate of drug-likeness (QED) is 0.602. The molecule has 1 fully saturated rings. The summed E-state index contributed by atoms with van der Waals surface area (Å²) >= 11 is 3.28. The number of hydrogen-bond donors (Lipinski definition) is 4. The molecule has 0 saturated carbocycles. The lowest BCUT2D eigenvalue weighted by molar-refractivity contribution is -0.277. The number of para-hydroxylation sites is 1. The van der Waals surface area contributed by atoms with Crippen molar-refractivity contribution in [1.29, 1.82) is 0 Å². The van der Waals surface area contributed by atoms with Gasteiger partial charge in [0.25, 0.3) is 0 Å². The van der Waals surface area contributed by atoms with Gasteiger partial charge in [0, 0.05) is 0 Å². The molecule has 0 bridgehead atoms. The smallest absolute Gasteiger partial charge is 0.229 e. The molecule has 0 spiro atoms. The molecule has 1 aromatic rings. The van der Waals surface area contributed by atoms with Crippen LogP contribution in [0.4, 0.5) is 0 Å². The molecule has 1 aromatic carbocycles. The third-order valence-corrected chi connectivity index (χ3v) is 3.58. The Morgan fingerprint density at radius 1 is 1.11 bits per heavy atom. The number of halogens is 1. The summed E-state index contributed by atoms with van der Waals surface area (Å²) in [5.74, 6) is 0.423. The van der Waals surface area contributed by atoms with Crippen molar-refractivity contribution >= 4 is 15.9 Å². The third kappa shape index (κ3) is 3.07. The van der Waals surface area contributed by atoms with Crippen LogP contribution in [0.3, 0.4) is 0 Å². The molecule has 1 saturated heterocycles. The Hall–Kier alpha value is -0.700. The molecule has 0 aromatic heterocycles. The van der Waals surface area contributed by atoms with Crippen LogP contribution in [0.15, 0.2) is 28.7 Å². The number of aliphatic hydroxyl groups is 4. The minimum atomic E-state index is -1.45. The summed E-state index contributed by atoms with van der Waals surface area (Å²) in [6, 6.07) is 6.94. The fraction of sp³-hybridized carbons (Fsp3) is 0.500. The largest absolute Gasteiger partial charge is 0.461 e. The normalized spacial score (nSPS) is 35.1. The zero-order chi connectivity index (χ0) is 14.0. The first-order valence-electron chi connectivity index (χ1n) is 5.76. The van der Waals surface area contributed by atoms with E-state index in [1.165, 1.54) is 0 Å².